The van der Waals surface area contributed by atoms with E-state index in [0.29, 0.717) is 5.69 Å². The molecule has 0 aliphatic carbocycles. The maximum Gasteiger partial charge on any atom is 0.263 e. The molecule has 0 radical (unpaired) electrons. The van der Waals surface area contributed by atoms with E-state index in [0.717, 1.165) is 35.6 Å². The van der Waals surface area contributed by atoms with Crippen LogP contribution in [-0.4, -0.2) is 10.9 Å². The zero-order valence-electron chi connectivity index (χ0n) is 14.0. The Labute approximate surface area is 154 Å². The Balaban J connectivity index is 1.98. The van der Waals surface area contributed by atoms with Crippen molar-refractivity contribution in [2.24, 2.45) is 0 Å². The van der Waals surface area contributed by atoms with Crippen LogP contribution in [0.25, 0.3) is 10.4 Å². The first kappa shape index (κ1) is 19.0. The summed E-state index contributed by atoms with van der Waals surface area (Å²) in [5, 5.41) is 2.23. The van der Waals surface area contributed by atoms with Crippen molar-refractivity contribution in [2.45, 2.75) is 13.8 Å². The smallest absolute Gasteiger partial charge is 0.263 e. The molecule has 0 saturated heterocycles. The van der Waals surface area contributed by atoms with Crippen molar-refractivity contribution in [1.82, 2.24) is 4.98 Å². The van der Waals surface area contributed by atoms with Crippen molar-refractivity contribution in [3.63, 3.8) is 0 Å². The van der Waals surface area contributed by atoms with Gasteiger partial charge in [0, 0.05) is 5.56 Å². The summed E-state index contributed by atoms with van der Waals surface area (Å²) in [7, 11) is 0. The minimum absolute atomic E-state index is 0.0281. The summed E-state index contributed by atoms with van der Waals surface area (Å²) in [6.45, 7) is 2.79. The SMILES string of the molecule is Cc1nc(NC(=O)c2c(F)cccc2F)sc1-c1cc(F)c(F)c(F)c1C. The van der Waals surface area contributed by atoms with Gasteiger partial charge in [0.05, 0.1) is 10.6 Å². The van der Waals surface area contributed by atoms with Gasteiger partial charge in [-0.1, -0.05) is 17.4 Å². The van der Waals surface area contributed by atoms with Gasteiger partial charge in [0.15, 0.2) is 22.6 Å². The third-order valence-corrected chi connectivity index (χ3v) is 4.96. The van der Waals surface area contributed by atoms with E-state index in [4.69, 9.17) is 0 Å². The van der Waals surface area contributed by atoms with E-state index in [1.165, 1.54) is 13.8 Å². The lowest BCUT2D eigenvalue weighted by Crippen LogP contribution is -2.15. The quantitative estimate of drug-likeness (QED) is 0.476. The van der Waals surface area contributed by atoms with E-state index in [2.05, 4.69) is 10.3 Å². The predicted molar refractivity (Wildman–Crippen MR) is 91.2 cm³/mol. The minimum Gasteiger partial charge on any atom is -0.298 e. The summed E-state index contributed by atoms with van der Waals surface area (Å²) in [6.07, 6.45) is 0. The lowest BCUT2D eigenvalue weighted by molar-refractivity contribution is 0.101. The number of nitrogens with one attached hydrogen (secondary N) is 1. The molecular weight excluding hydrogens is 387 g/mol. The molecule has 0 aliphatic heterocycles. The van der Waals surface area contributed by atoms with Crippen molar-refractivity contribution in [1.29, 1.82) is 0 Å². The first-order chi connectivity index (χ1) is 12.7. The lowest BCUT2D eigenvalue weighted by Gasteiger charge is -2.07. The first-order valence-electron chi connectivity index (χ1n) is 7.58. The molecule has 0 spiro atoms. The fraction of sp³-hybridized carbons (Fsp3) is 0.111. The Morgan fingerprint density at radius 3 is 2.26 bits per heavy atom. The van der Waals surface area contributed by atoms with Crippen LogP contribution in [0.3, 0.4) is 0 Å². The van der Waals surface area contributed by atoms with Gasteiger partial charge in [0.25, 0.3) is 5.91 Å². The second-order valence-corrected chi connectivity index (χ2v) is 6.64. The monoisotopic (exact) mass is 398 g/mol. The number of rotatable bonds is 3. The maximum absolute atomic E-state index is 13.8. The summed E-state index contributed by atoms with van der Waals surface area (Å²) in [5.41, 5.74) is -0.530. The Bertz CT molecular complexity index is 1040. The van der Waals surface area contributed by atoms with E-state index in [-0.39, 0.29) is 21.1 Å². The summed E-state index contributed by atoms with van der Waals surface area (Å²) in [5.74, 6) is -7.41. The molecule has 140 valence electrons. The van der Waals surface area contributed by atoms with E-state index in [1.807, 2.05) is 0 Å². The highest BCUT2D eigenvalue weighted by Gasteiger charge is 2.22. The van der Waals surface area contributed by atoms with Gasteiger partial charge >= 0.3 is 0 Å². The number of carbonyl (C=O) groups excluding carboxylic acids is 1. The highest BCUT2D eigenvalue weighted by atomic mass is 32.1. The van der Waals surface area contributed by atoms with Crippen molar-refractivity contribution in [2.75, 3.05) is 5.32 Å². The fourth-order valence-corrected chi connectivity index (χ4v) is 3.53. The molecule has 1 amide bonds. The number of hydrogen-bond donors (Lipinski definition) is 1. The second-order valence-electron chi connectivity index (χ2n) is 5.64. The van der Waals surface area contributed by atoms with Crippen LogP contribution in [0, 0.1) is 42.9 Å². The average Bonchev–Trinajstić information content (AvgIpc) is 2.96. The zero-order valence-corrected chi connectivity index (χ0v) is 14.8. The van der Waals surface area contributed by atoms with E-state index >= 15 is 0 Å². The van der Waals surface area contributed by atoms with Gasteiger partial charge in [-0.05, 0) is 37.6 Å². The second kappa shape index (κ2) is 7.07. The van der Waals surface area contributed by atoms with Crippen LogP contribution in [0.2, 0.25) is 0 Å². The highest BCUT2D eigenvalue weighted by molar-refractivity contribution is 7.19. The number of benzene rings is 2. The number of amides is 1. The van der Waals surface area contributed by atoms with Gasteiger partial charge in [-0.15, -0.1) is 0 Å². The van der Waals surface area contributed by atoms with Gasteiger partial charge in [-0.25, -0.2) is 26.9 Å². The van der Waals surface area contributed by atoms with E-state index < -0.39 is 40.6 Å². The Morgan fingerprint density at radius 1 is 1.00 bits per heavy atom. The Kier molecular flexibility index (Phi) is 4.97. The van der Waals surface area contributed by atoms with E-state index in [1.54, 1.807) is 0 Å². The molecule has 0 bridgehead atoms. The number of thiazole rings is 1. The molecular formula is C18H11F5N2OS. The van der Waals surface area contributed by atoms with Gasteiger partial charge < -0.3 is 0 Å². The van der Waals surface area contributed by atoms with Crippen LogP contribution in [0.5, 0.6) is 0 Å². The van der Waals surface area contributed by atoms with Gasteiger partial charge in [0.1, 0.15) is 17.2 Å². The Hall–Kier alpha value is -2.81. The number of aryl methyl sites for hydroxylation is 1. The van der Waals surface area contributed by atoms with Gasteiger partial charge in [-0.2, -0.15) is 0 Å². The van der Waals surface area contributed by atoms with Crippen LogP contribution >= 0.6 is 11.3 Å². The lowest BCUT2D eigenvalue weighted by atomic mass is 10.1. The summed E-state index contributed by atoms with van der Waals surface area (Å²) in [4.78, 5) is 16.5. The van der Waals surface area contributed by atoms with Gasteiger partial charge in [0.2, 0.25) is 0 Å². The number of nitrogens with zero attached hydrogens (tertiary/aromatic N) is 1. The topological polar surface area (TPSA) is 42.0 Å². The van der Waals surface area contributed by atoms with Crippen LogP contribution in [-0.2, 0) is 0 Å². The molecule has 1 heterocycles. The standard InChI is InChI=1S/C18H11F5N2OS/c1-7-9(6-12(21)15(23)14(7)22)16-8(2)24-18(27-16)25-17(26)13-10(19)4-3-5-11(13)20/h3-6H,1-2H3,(H,24,25,26). The molecule has 9 heteroatoms. The minimum atomic E-state index is -1.58. The largest absolute Gasteiger partial charge is 0.298 e. The number of halogens is 5. The number of aromatic nitrogens is 1. The average molecular weight is 398 g/mol. The zero-order chi connectivity index (χ0) is 19.9. The molecule has 1 N–H and O–H groups in total. The molecule has 0 atom stereocenters. The van der Waals surface area contributed by atoms with Gasteiger partial charge in [-0.3, -0.25) is 10.1 Å². The molecule has 27 heavy (non-hydrogen) atoms. The van der Waals surface area contributed by atoms with Crippen LogP contribution in [0.4, 0.5) is 27.1 Å². The molecule has 0 fully saturated rings. The molecule has 2 aromatic carbocycles. The normalized spacial score (nSPS) is 10.9. The molecule has 0 saturated carbocycles. The van der Waals surface area contributed by atoms with Crippen molar-refractivity contribution in [3.05, 3.63) is 70.2 Å². The van der Waals surface area contributed by atoms with Crippen molar-refractivity contribution >= 4 is 22.4 Å². The van der Waals surface area contributed by atoms with Crippen LogP contribution < -0.4 is 5.32 Å². The van der Waals surface area contributed by atoms with Crippen molar-refractivity contribution < 1.29 is 26.7 Å². The van der Waals surface area contributed by atoms with Crippen molar-refractivity contribution in [3.8, 4) is 10.4 Å². The summed E-state index contributed by atoms with van der Waals surface area (Å²) >= 11 is 0.841. The molecule has 3 aromatic rings. The summed E-state index contributed by atoms with van der Waals surface area (Å²) < 4.78 is 68.1. The molecule has 0 aliphatic rings. The fourth-order valence-electron chi connectivity index (χ4n) is 2.50. The molecule has 3 rings (SSSR count). The molecule has 3 nitrogen and oxygen atoms in total. The predicted octanol–water partition coefficient (Wildman–Crippen LogP) is 5.37. The first-order valence-corrected chi connectivity index (χ1v) is 8.39. The molecule has 0 unspecified atom stereocenters. The number of hydrogen-bond acceptors (Lipinski definition) is 3. The third-order valence-electron chi connectivity index (χ3n) is 3.86. The number of carbonyl (C=O) groups is 1. The van der Waals surface area contributed by atoms with E-state index in [9.17, 15) is 26.7 Å². The Morgan fingerprint density at radius 2 is 1.63 bits per heavy atom. The highest BCUT2D eigenvalue weighted by Crippen LogP contribution is 2.37. The number of anilines is 1. The maximum atomic E-state index is 13.8. The summed E-state index contributed by atoms with van der Waals surface area (Å²) in [6, 6.07) is 3.82. The third kappa shape index (κ3) is 3.42. The van der Waals surface area contributed by atoms with Crippen LogP contribution in [0.1, 0.15) is 21.6 Å². The molecule has 1 aromatic heterocycles. The van der Waals surface area contributed by atoms with Crippen LogP contribution in [0.15, 0.2) is 24.3 Å².